The van der Waals surface area contributed by atoms with Crippen molar-refractivity contribution in [3.63, 3.8) is 0 Å². The average molecular weight is 148 g/mol. The molecule has 0 spiro atoms. The topological polar surface area (TPSA) is 37.5 Å². The zero-order valence-corrected chi connectivity index (χ0v) is 6.20. The molecule has 3 nitrogen and oxygen atoms in total. The lowest BCUT2D eigenvalue weighted by molar-refractivity contribution is 0.466. The van der Waals surface area contributed by atoms with Gasteiger partial charge in [0.2, 0.25) is 0 Å². The van der Waals surface area contributed by atoms with Gasteiger partial charge in [0.25, 0.3) is 5.82 Å². The Kier molecular flexibility index (Phi) is 2.07. The Balaban J connectivity index is 3.15. The second kappa shape index (κ2) is 3.02. The summed E-state index contributed by atoms with van der Waals surface area (Å²) in [5, 5.41) is 9.17. The van der Waals surface area contributed by atoms with Gasteiger partial charge in [-0.05, 0) is 18.1 Å². The van der Waals surface area contributed by atoms with Gasteiger partial charge in [-0.15, -0.1) is 4.98 Å². The molecule has 1 rings (SSSR count). The third-order valence-corrected chi connectivity index (χ3v) is 1.45. The number of aryl methyl sites for hydroxylation is 1. The summed E-state index contributed by atoms with van der Waals surface area (Å²) in [7, 11) is 0. The largest absolute Gasteiger partial charge is 0.504 e. The number of aromatic nitrogens is 1. The second-order valence-electron chi connectivity index (χ2n) is 2.14. The summed E-state index contributed by atoms with van der Waals surface area (Å²) in [6.45, 7) is 8.59. The second-order valence-corrected chi connectivity index (χ2v) is 2.14. The number of hydrogen-bond donors (Lipinski definition) is 1. The van der Waals surface area contributed by atoms with Crippen LogP contribution in [0, 0.1) is 6.57 Å². The molecule has 1 aromatic heterocycles. The van der Waals surface area contributed by atoms with Crippen LogP contribution in [0.25, 0.3) is 4.85 Å². The maximum absolute atomic E-state index is 9.17. The SMILES string of the molecule is [C-]#[N+]c1cc(CC)c(O)cn1. The van der Waals surface area contributed by atoms with Gasteiger partial charge in [0.15, 0.2) is 11.9 Å². The Hall–Kier alpha value is -1.56. The summed E-state index contributed by atoms with van der Waals surface area (Å²) in [5.74, 6) is 0.500. The minimum atomic E-state index is 0.167. The fraction of sp³-hybridized carbons (Fsp3) is 0.250. The van der Waals surface area contributed by atoms with E-state index in [-0.39, 0.29) is 5.75 Å². The lowest BCUT2D eigenvalue weighted by atomic mass is 10.2. The van der Waals surface area contributed by atoms with Gasteiger partial charge < -0.3 is 9.95 Å². The van der Waals surface area contributed by atoms with Crippen LogP contribution in [0.2, 0.25) is 0 Å². The van der Waals surface area contributed by atoms with Gasteiger partial charge in [-0.25, -0.2) is 0 Å². The van der Waals surface area contributed by atoms with Crippen molar-refractivity contribution in [1.82, 2.24) is 4.98 Å². The first-order valence-corrected chi connectivity index (χ1v) is 3.33. The van der Waals surface area contributed by atoms with Crippen LogP contribution in [-0.4, -0.2) is 10.1 Å². The van der Waals surface area contributed by atoms with Crippen LogP contribution in [0.4, 0.5) is 5.82 Å². The minimum Gasteiger partial charge on any atom is -0.504 e. The summed E-state index contributed by atoms with van der Waals surface area (Å²) in [5.41, 5.74) is 0.769. The quantitative estimate of drug-likeness (QED) is 0.617. The molecule has 56 valence electrons. The first-order valence-electron chi connectivity index (χ1n) is 3.33. The first kappa shape index (κ1) is 7.55. The molecule has 0 unspecified atom stereocenters. The van der Waals surface area contributed by atoms with E-state index in [4.69, 9.17) is 11.7 Å². The maximum Gasteiger partial charge on any atom is 0.270 e. The van der Waals surface area contributed by atoms with Crippen LogP contribution >= 0.6 is 0 Å². The zero-order valence-electron chi connectivity index (χ0n) is 6.20. The van der Waals surface area contributed by atoms with Gasteiger partial charge >= 0.3 is 0 Å². The van der Waals surface area contributed by atoms with E-state index in [1.54, 1.807) is 6.07 Å². The van der Waals surface area contributed by atoms with Gasteiger partial charge in [-0.2, -0.15) is 0 Å². The minimum absolute atomic E-state index is 0.167. The molecular formula is C8H8N2O. The highest BCUT2D eigenvalue weighted by molar-refractivity contribution is 5.43. The van der Waals surface area contributed by atoms with E-state index in [0.717, 1.165) is 12.0 Å². The van der Waals surface area contributed by atoms with E-state index in [9.17, 15) is 0 Å². The van der Waals surface area contributed by atoms with Gasteiger partial charge in [0.05, 0.1) is 0 Å². The van der Waals surface area contributed by atoms with Crippen molar-refractivity contribution < 1.29 is 5.11 Å². The lowest BCUT2D eigenvalue weighted by Gasteiger charge is -1.97. The van der Waals surface area contributed by atoms with Crippen LogP contribution in [0.3, 0.4) is 0 Å². The van der Waals surface area contributed by atoms with Crippen molar-refractivity contribution in [2.45, 2.75) is 13.3 Å². The molecular weight excluding hydrogens is 140 g/mol. The maximum atomic E-state index is 9.17. The van der Waals surface area contributed by atoms with E-state index in [0.29, 0.717) is 5.82 Å². The molecule has 3 heteroatoms. The van der Waals surface area contributed by atoms with Crippen molar-refractivity contribution in [2.24, 2.45) is 0 Å². The third-order valence-electron chi connectivity index (χ3n) is 1.45. The van der Waals surface area contributed by atoms with Gasteiger partial charge in [0, 0.05) is 0 Å². The fourth-order valence-electron chi connectivity index (χ4n) is 0.822. The number of rotatable bonds is 1. The summed E-state index contributed by atoms with van der Waals surface area (Å²) in [6.07, 6.45) is 2.03. The molecule has 0 amide bonds. The average Bonchev–Trinajstić information content (AvgIpc) is 2.05. The summed E-state index contributed by atoms with van der Waals surface area (Å²) < 4.78 is 0. The highest BCUT2D eigenvalue weighted by atomic mass is 16.3. The monoisotopic (exact) mass is 148 g/mol. The van der Waals surface area contributed by atoms with Crippen molar-refractivity contribution in [2.75, 3.05) is 0 Å². The van der Waals surface area contributed by atoms with E-state index < -0.39 is 0 Å². The summed E-state index contributed by atoms with van der Waals surface area (Å²) in [6, 6.07) is 1.60. The number of aromatic hydroxyl groups is 1. The molecule has 11 heavy (non-hydrogen) atoms. The molecule has 0 saturated carbocycles. The molecule has 1 N–H and O–H groups in total. The summed E-state index contributed by atoms with van der Waals surface area (Å²) in [4.78, 5) is 6.85. The molecule has 1 aromatic rings. The Bertz CT molecular complexity index is 301. The number of nitrogens with zero attached hydrogens (tertiary/aromatic N) is 2. The molecule has 0 atom stereocenters. The van der Waals surface area contributed by atoms with Gasteiger partial charge in [-0.3, -0.25) is 0 Å². The number of hydrogen-bond acceptors (Lipinski definition) is 2. The fourth-order valence-corrected chi connectivity index (χ4v) is 0.822. The van der Waals surface area contributed by atoms with Gasteiger partial charge in [-0.1, -0.05) is 13.5 Å². The molecule has 0 bridgehead atoms. The first-order chi connectivity index (χ1) is 5.27. The standard InChI is InChI=1S/C8H8N2O/c1-3-6-4-8(9-2)10-5-7(6)11/h4-5,11H,3H2,1H3. The molecule has 0 radical (unpaired) electrons. The zero-order chi connectivity index (χ0) is 8.27. The Morgan fingerprint density at radius 3 is 3.00 bits per heavy atom. The highest BCUT2D eigenvalue weighted by Gasteiger charge is 2.01. The number of pyridine rings is 1. The van der Waals surface area contributed by atoms with Crippen LogP contribution in [0.5, 0.6) is 5.75 Å². The molecule has 0 saturated heterocycles. The van der Waals surface area contributed by atoms with Crippen molar-refractivity contribution in [3.8, 4) is 5.75 Å². The van der Waals surface area contributed by atoms with Crippen LogP contribution in [-0.2, 0) is 6.42 Å². The van der Waals surface area contributed by atoms with E-state index in [1.165, 1.54) is 6.20 Å². The van der Waals surface area contributed by atoms with Crippen molar-refractivity contribution >= 4 is 5.82 Å². The normalized spacial score (nSPS) is 9.09. The lowest BCUT2D eigenvalue weighted by Crippen LogP contribution is -1.82. The van der Waals surface area contributed by atoms with E-state index >= 15 is 0 Å². The van der Waals surface area contributed by atoms with Crippen molar-refractivity contribution in [1.29, 1.82) is 0 Å². The third kappa shape index (κ3) is 1.47. The smallest absolute Gasteiger partial charge is 0.270 e. The summed E-state index contributed by atoms with van der Waals surface area (Å²) >= 11 is 0. The van der Waals surface area contributed by atoms with E-state index in [2.05, 4.69) is 9.83 Å². The predicted octanol–water partition coefficient (Wildman–Crippen LogP) is 1.90. The predicted molar refractivity (Wildman–Crippen MR) is 41.5 cm³/mol. The van der Waals surface area contributed by atoms with Crippen LogP contribution < -0.4 is 0 Å². The highest BCUT2D eigenvalue weighted by Crippen LogP contribution is 2.20. The molecule has 0 aliphatic heterocycles. The Labute approximate surface area is 65.1 Å². The Morgan fingerprint density at radius 1 is 1.73 bits per heavy atom. The Morgan fingerprint density at radius 2 is 2.45 bits per heavy atom. The molecule has 0 aliphatic carbocycles. The van der Waals surface area contributed by atoms with Crippen LogP contribution in [0.1, 0.15) is 12.5 Å². The molecule has 0 aromatic carbocycles. The van der Waals surface area contributed by atoms with E-state index in [1.807, 2.05) is 6.92 Å². The molecule has 1 heterocycles. The van der Waals surface area contributed by atoms with Crippen molar-refractivity contribution in [3.05, 3.63) is 29.2 Å². The molecule has 0 fully saturated rings. The van der Waals surface area contributed by atoms with Crippen LogP contribution in [0.15, 0.2) is 12.3 Å². The molecule has 0 aliphatic rings. The van der Waals surface area contributed by atoms with Gasteiger partial charge in [0.1, 0.15) is 0 Å².